The number of benzene rings is 7. The maximum atomic E-state index is 6.83. The minimum atomic E-state index is 0.862. The first-order valence-electron chi connectivity index (χ1n) is 18.6. The van der Waals surface area contributed by atoms with Crippen LogP contribution < -0.4 is 4.90 Å². The summed E-state index contributed by atoms with van der Waals surface area (Å²) < 4.78 is 6.83. The van der Waals surface area contributed by atoms with E-state index in [4.69, 9.17) is 4.42 Å². The zero-order valence-corrected chi connectivity index (χ0v) is 30.0. The molecule has 2 nitrogen and oxygen atoms in total. The smallest absolute Gasteiger partial charge is 0.143 e. The summed E-state index contributed by atoms with van der Waals surface area (Å²) in [4.78, 5) is 2.38. The molecule has 258 valence electrons. The van der Waals surface area contributed by atoms with Crippen LogP contribution in [0.2, 0.25) is 0 Å². The largest absolute Gasteiger partial charge is 0.455 e. The summed E-state index contributed by atoms with van der Waals surface area (Å²) in [7, 11) is 0. The first-order chi connectivity index (χ1) is 26.7. The van der Waals surface area contributed by atoms with Gasteiger partial charge in [-0.05, 0) is 88.5 Å². The molecule has 0 atom stereocenters. The summed E-state index contributed by atoms with van der Waals surface area (Å²) in [5.41, 5.74) is 12.9. The Bertz CT molecular complexity index is 2780. The Hall–Kier alpha value is -6.90. The molecule has 0 fully saturated rings. The van der Waals surface area contributed by atoms with E-state index in [0.29, 0.717) is 0 Å². The van der Waals surface area contributed by atoms with Crippen molar-refractivity contribution in [3.05, 3.63) is 218 Å². The van der Waals surface area contributed by atoms with E-state index in [-0.39, 0.29) is 0 Å². The molecule has 7 aromatic carbocycles. The maximum Gasteiger partial charge on any atom is 0.143 e. The molecular weight excluding hydrogens is 655 g/mol. The highest BCUT2D eigenvalue weighted by Crippen LogP contribution is 2.43. The van der Waals surface area contributed by atoms with E-state index in [1.807, 2.05) is 12.2 Å². The SMILES string of the molecule is C=C/C=C\C(=C\c1cccc2c1oc1c3ccccc3ccc21)N(c1cccc(-c2ccccc2)c1)c1ccc(C2=CCCC=C2)cc1-c1ccccc1. The van der Waals surface area contributed by atoms with Gasteiger partial charge in [0, 0.05) is 38.7 Å². The summed E-state index contributed by atoms with van der Waals surface area (Å²) in [5.74, 6) is 0. The van der Waals surface area contributed by atoms with Gasteiger partial charge in [-0.1, -0.05) is 164 Å². The lowest BCUT2D eigenvalue weighted by molar-refractivity contribution is 0.671. The van der Waals surface area contributed by atoms with Crippen molar-refractivity contribution in [2.75, 3.05) is 4.90 Å². The molecule has 8 aromatic rings. The second kappa shape index (κ2) is 14.6. The number of anilines is 2. The van der Waals surface area contributed by atoms with Gasteiger partial charge in [-0.25, -0.2) is 0 Å². The number of fused-ring (bicyclic) bond motifs is 5. The molecule has 0 bridgehead atoms. The van der Waals surface area contributed by atoms with Gasteiger partial charge < -0.3 is 9.32 Å². The Morgan fingerprint density at radius 3 is 2.15 bits per heavy atom. The third kappa shape index (κ3) is 6.29. The molecule has 0 saturated carbocycles. The molecular formula is C52H39NO. The Kier molecular flexibility index (Phi) is 8.92. The average molecular weight is 694 g/mol. The monoisotopic (exact) mass is 693 g/mol. The maximum absolute atomic E-state index is 6.83. The number of allylic oxidation sites excluding steroid dienone is 7. The summed E-state index contributed by atoms with van der Waals surface area (Å²) in [6, 6.07) is 56.2. The highest BCUT2D eigenvalue weighted by atomic mass is 16.3. The number of para-hydroxylation sites is 1. The highest BCUT2D eigenvalue weighted by Gasteiger charge is 2.21. The van der Waals surface area contributed by atoms with Crippen LogP contribution in [0.25, 0.3) is 66.6 Å². The molecule has 0 saturated heterocycles. The van der Waals surface area contributed by atoms with Gasteiger partial charge >= 0.3 is 0 Å². The predicted molar refractivity (Wildman–Crippen MR) is 231 cm³/mol. The minimum absolute atomic E-state index is 0.862. The van der Waals surface area contributed by atoms with Gasteiger partial charge in [0.25, 0.3) is 0 Å². The molecule has 0 radical (unpaired) electrons. The second-order valence-corrected chi connectivity index (χ2v) is 13.6. The molecule has 0 amide bonds. The van der Waals surface area contributed by atoms with Crippen LogP contribution in [0.1, 0.15) is 24.0 Å². The van der Waals surface area contributed by atoms with Crippen molar-refractivity contribution < 1.29 is 4.42 Å². The van der Waals surface area contributed by atoms with Crippen LogP contribution in [0.5, 0.6) is 0 Å². The van der Waals surface area contributed by atoms with E-state index in [9.17, 15) is 0 Å². The second-order valence-electron chi connectivity index (χ2n) is 13.6. The fraction of sp³-hybridized carbons (Fsp3) is 0.0385. The lowest BCUT2D eigenvalue weighted by atomic mass is 9.93. The molecule has 0 spiro atoms. The van der Waals surface area contributed by atoms with Crippen molar-refractivity contribution in [3.63, 3.8) is 0 Å². The molecule has 1 aromatic heterocycles. The Morgan fingerprint density at radius 2 is 1.33 bits per heavy atom. The fourth-order valence-corrected chi connectivity index (χ4v) is 7.64. The van der Waals surface area contributed by atoms with Gasteiger partial charge in [-0.2, -0.15) is 0 Å². The molecule has 2 heteroatoms. The van der Waals surface area contributed by atoms with Gasteiger partial charge in [-0.15, -0.1) is 0 Å². The molecule has 9 rings (SSSR count). The van der Waals surface area contributed by atoms with Crippen LogP contribution >= 0.6 is 0 Å². The van der Waals surface area contributed by atoms with Gasteiger partial charge in [0.05, 0.1) is 5.69 Å². The normalized spacial score (nSPS) is 13.2. The zero-order chi connectivity index (χ0) is 36.3. The van der Waals surface area contributed by atoms with E-state index < -0.39 is 0 Å². The van der Waals surface area contributed by atoms with Gasteiger partial charge in [-0.3, -0.25) is 0 Å². The van der Waals surface area contributed by atoms with Crippen LogP contribution in [0.15, 0.2) is 211 Å². The van der Waals surface area contributed by atoms with Crippen molar-refractivity contribution in [2.45, 2.75) is 12.8 Å². The van der Waals surface area contributed by atoms with Gasteiger partial charge in [0.2, 0.25) is 0 Å². The first kappa shape index (κ1) is 33.0. The van der Waals surface area contributed by atoms with Crippen molar-refractivity contribution in [2.24, 2.45) is 0 Å². The van der Waals surface area contributed by atoms with E-state index in [1.54, 1.807) is 0 Å². The van der Waals surface area contributed by atoms with Gasteiger partial charge in [0.15, 0.2) is 0 Å². The van der Waals surface area contributed by atoms with Crippen molar-refractivity contribution >= 4 is 55.7 Å². The van der Waals surface area contributed by atoms with Crippen LogP contribution in [0.3, 0.4) is 0 Å². The topological polar surface area (TPSA) is 16.4 Å². The lowest BCUT2D eigenvalue weighted by Crippen LogP contribution is -2.16. The van der Waals surface area contributed by atoms with E-state index in [2.05, 4.69) is 200 Å². The number of rotatable bonds is 9. The molecule has 0 N–H and O–H groups in total. The third-order valence-electron chi connectivity index (χ3n) is 10.2. The van der Waals surface area contributed by atoms with Crippen LogP contribution in [0.4, 0.5) is 11.4 Å². The fourth-order valence-electron chi connectivity index (χ4n) is 7.64. The van der Waals surface area contributed by atoms with Crippen molar-refractivity contribution in [3.8, 4) is 22.3 Å². The van der Waals surface area contributed by atoms with Gasteiger partial charge in [0.1, 0.15) is 11.2 Å². The summed E-state index contributed by atoms with van der Waals surface area (Å²) in [6.07, 6.45) is 17.2. The van der Waals surface area contributed by atoms with Crippen LogP contribution in [-0.4, -0.2) is 0 Å². The van der Waals surface area contributed by atoms with Crippen LogP contribution in [0, 0.1) is 0 Å². The van der Waals surface area contributed by atoms with Crippen LogP contribution in [-0.2, 0) is 0 Å². The average Bonchev–Trinajstić information content (AvgIpc) is 3.64. The molecule has 0 aliphatic heterocycles. The molecule has 0 unspecified atom stereocenters. The quantitative estimate of drug-likeness (QED) is 0.140. The van der Waals surface area contributed by atoms with E-state index >= 15 is 0 Å². The first-order valence-corrected chi connectivity index (χ1v) is 18.6. The Balaban J connectivity index is 1.31. The van der Waals surface area contributed by atoms with Crippen molar-refractivity contribution in [1.29, 1.82) is 0 Å². The number of furan rings is 1. The summed E-state index contributed by atoms with van der Waals surface area (Å²) in [6.45, 7) is 4.07. The number of nitrogens with zero attached hydrogens (tertiary/aromatic N) is 1. The molecule has 1 heterocycles. The summed E-state index contributed by atoms with van der Waals surface area (Å²) >= 11 is 0. The minimum Gasteiger partial charge on any atom is -0.455 e. The van der Waals surface area contributed by atoms with E-state index in [0.717, 1.165) is 84.9 Å². The predicted octanol–water partition coefficient (Wildman–Crippen LogP) is 14.7. The highest BCUT2D eigenvalue weighted by molar-refractivity contribution is 6.16. The summed E-state index contributed by atoms with van der Waals surface area (Å²) in [5, 5.41) is 4.49. The Morgan fingerprint density at radius 1 is 0.593 bits per heavy atom. The Labute approximate surface area is 316 Å². The zero-order valence-electron chi connectivity index (χ0n) is 30.0. The van der Waals surface area contributed by atoms with Crippen molar-refractivity contribution in [1.82, 2.24) is 0 Å². The van der Waals surface area contributed by atoms with E-state index in [1.165, 1.54) is 16.7 Å². The standard InChI is InChI=1S/C52H39NO/c1-2-3-26-44(35-43-25-16-29-47-48-32-30-40-23-13-14-28-46(40)52(48)54-51(43)47)53(45-27-15-24-41(34-45)37-17-7-4-8-18-37)50-33-31-42(38-19-9-5-10-20-38)36-49(50)39-21-11-6-12-22-39/h2-4,6-9,11-36H,1,5,10H2/b26-3-,44-35-. The lowest BCUT2D eigenvalue weighted by Gasteiger charge is -2.30. The third-order valence-corrected chi connectivity index (χ3v) is 10.2. The molecule has 1 aliphatic rings. The molecule has 54 heavy (non-hydrogen) atoms. The number of hydrogen-bond acceptors (Lipinski definition) is 2. The molecule has 1 aliphatic carbocycles. The number of hydrogen-bond donors (Lipinski definition) is 0.